The quantitative estimate of drug-likeness (QED) is 0.256. The summed E-state index contributed by atoms with van der Waals surface area (Å²) in [5.41, 5.74) is 0.319. The first-order valence-electron chi connectivity index (χ1n) is 9.11. The summed E-state index contributed by atoms with van der Waals surface area (Å²) >= 11 is 0. The molecule has 0 aliphatic carbocycles. The van der Waals surface area contributed by atoms with Gasteiger partial charge in [0.15, 0.2) is 0 Å². The molecule has 1 N–H and O–H groups in total. The molecular formula is C23H16FN3O4. The number of hydrogen-bond donors (Lipinski definition) is 1. The SMILES string of the molecule is N#CC(=Cc1ccccc1OCc1ccccc1)C(=O)Nc1cc([N+](=O)[O-])ccc1F. The Morgan fingerprint density at radius 1 is 1.13 bits per heavy atom. The average Bonchev–Trinajstić information content (AvgIpc) is 2.78. The smallest absolute Gasteiger partial charge is 0.271 e. The molecule has 0 atom stereocenters. The van der Waals surface area contributed by atoms with Crippen molar-refractivity contribution in [1.29, 1.82) is 5.26 Å². The van der Waals surface area contributed by atoms with Crippen LogP contribution in [0, 0.1) is 27.3 Å². The number of hydrogen-bond acceptors (Lipinski definition) is 5. The van der Waals surface area contributed by atoms with E-state index in [1.54, 1.807) is 30.3 Å². The molecule has 0 spiro atoms. The van der Waals surface area contributed by atoms with Gasteiger partial charge in [-0.05, 0) is 23.8 Å². The van der Waals surface area contributed by atoms with Gasteiger partial charge in [0, 0.05) is 17.7 Å². The minimum absolute atomic E-state index is 0.290. The summed E-state index contributed by atoms with van der Waals surface area (Å²) < 4.78 is 19.8. The molecule has 154 valence electrons. The van der Waals surface area contributed by atoms with Gasteiger partial charge in [-0.3, -0.25) is 14.9 Å². The Kier molecular flexibility index (Phi) is 6.71. The van der Waals surface area contributed by atoms with E-state index in [4.69, 9.17) is 4.74 Å². The van der Waals surface area contributed by atoms with Crippen molar-refractivity contribution in [3.63, 3.8) is 0 Å². The standard InChI is InChI=1S/C23H16FN3O4/c24-20-11-10-19(27(29)30)13-21(20)26-23(28)18(14-25)12-17-8-4-5-9-22(17)31-15-16-6-2-1-3-7-16/h1-13H,15H2,(H,26,28). The van der Waals surface area contributed by atoms with Crippen molar-refractivity contribution in [3.05, 3.63) is 105 Å². The van der Waals surface area contributed by atoms with E-state index in [0.29, 0.717) is 17.9 Å². The normalized spacial score (nSPS) is 10.8. The highest BCUT2D eigenvalue weighted by atomic mass is 19.1. The molecule has 0 fully saturated rings. The van der Waals surface area contributed by atoms with Crippen LogP contribution in [0.2, 0.25) is 0 Å². The fraction of sp³-hybridized carbons (Fsp3) is 0.0435. The maximum atomic E-state index is 14.0. The number of rotatable bonds is 7. The molecule has 8 heteroatoms. The fourth-order valence-corrected chi connectivity index (χ4v) is 2.68. The predicted octanol–water partition coefficient (Wildman–Crippen LogP) is 4.86. The number of nitriles is 1. The number of carbonyl (C=O) groups is 1. The Morgan fingerprint density at radius 2 is 1.84 bits per heavy atom. The van der Waals surface area contributed by atoms with Gasteiger partial charge in [-0.25, -0.2) is 4.39 Å². The minimum atomic E-state index is -0.903. The maximum Gasteiger partial charge on any atom is 0.271 e. The number of benzene rings is 3. The molecule has 3 aromatic rings. The molecule has 31 heavy (non-hydrogen) atoms. The van der Waals surface area contributed by atoms with Crippen molar-refractivity contribution in [2.45, 2.75) is 6.61 Å². The van der Waals surface area contributed by atoms with E-state index >= 15 is 0 Å². The van der Waals surface area contributed by atoms with Crippen LogP contribution in [0.25, 0.3) is 6.08 Å². The van der Waals surface area contributed by atoms with Crippen molar-refractivity contribution in [3.8, 4) is 11.8 Å². The van der Waals surface area contributed by atoms with Gasteiger partial charge in [-0.15, -0.1) is 0 Å². The number of para-hydroxylation sites is 1. The molecule has 3 aromatic carbocycles. The van der Waals surface area contributed by atoms with Crippen molar-refractivity contribution in [1.82, 2.24) is 0 Å². The van der Waals surface area contributed by atoms with E-state index in [0.717, 1.165) is 23.8 Å². The molecule has 0 unspecified atom stereocenters. The lowest BCUT2D eigenvalue weighted by Gasteiger charge is -2.10. The number of amides is 1. The highest BCUT2D eigenvalue weighted by Gasteiger charge is 2.16. The van der Waals surface area contributed by atoms with E-state index < -0.39 is 22.3 Å². The maximum absolute atomic E-state index is 14.0. The fourth-order valence-electron chi connectivity index (χ4n) is 2.68. The third-order valence-electron chi connectivity index (χ3n) is 4.23. The molecule has 0 heterocycles. The lowest BCUT2D eigenvalue weighted by atomic mass is 10.1. The van der Waals surface area contributed by atoms with Crippen LogP contribution in [-0.4, -0.2) is 10.8 Å². The Balaban J connectivity index is 1.82. The van der Waals surface area contributed by atoms with Gasteiger partial charge >= 0.3 is 0 Å². The van der Waals surface area contributed by atoms with E-state index in [1.165, 1.54) is 6.08 Å². The molecule has 0 aliphatic heterocycles. The second kappa shape index (κ2) is 9.80. The Hall–Kier alpha value is -4.51. The summed E-state index contributed by atoms with van der Waals surface area (Å²) in [4.78, 5) is 22.7. The number of non-ortho nitro benzene ring substituents is 1. The number of nitro benzene ring substituents is 1. The number of nitrogens with zero attached hydrogens (tertiary/aromatic N) is 2. The van der Waals surface area contributed by atoms with Crippen LogP contribution in [0.4, 0.5) is 15.8 Å². The summed E-state index contributed by atoms with van der Waals surface area (Å²) in [6.07, 6.45) is 1.31. The zero-order chi connectivity index (χ0) is 22.2. The first-order chi connectivity index (χ1) is 15.0. The number of halogens is 1. The third-order valence-corrected chi connectivity index (χ3v) is 4.23. The van der Waals surface area contributed by atoms with Gasteiger partial charge in [0.1, 0.15) is 29.8 Å². The lowest BCUT2D eigenvalue weighted by Crippen LogP contribution is -2.14. The number of carbonyl (C=O) groups excluding carboxylic acids is 1. The monoisotopic (exact) mass is 417 g/mol. The van der Waals surface area contributed by atoms with E-state index in [1.807, 2.05) is 30.3 Å². The van der Waals surface area contributed by atoms with E-state index in [2.05, 4.69) is 5.32 Å². The van der Waals surface area contributed by atoms with Crippen LogP contribution in [0.15, 0.2) is 78.4 Å². The van der Waals surface area contributed by atoms with Gasteiger partial charge in [-0.1, -0.05) is 48.5 Å². The highest BCUT2D eigenvalue weighted by molar-refractivity contribution is 6.10. The molecule has 0 aromatic heterocycles. The third kappa shape index (κ3) is 5.52. The molecule has 0 aliphatic rings. The molecule has 1 amide bonds. The largest absolute Gasteiger partial charge is 0.488 e. The average molecular weight is 417 g/mol. The Morgan fingerprint density at radius 3 is 2.55 bits per heavy atom. The van der Waals surface area contributed by atoms with Crippen LogP contribution in [-0.2, 0) is 11.4 Å². The molecule has 0 radical (unpaired) electrons. The van der Waals surface area contributed by atoms with Crippen LogP contribution in [0.1, 0.15) is 11.1 Å². The first kappa shape index (κ1) is 21.2. The topological polar surface area (TPSA) is 105 Å². The van der Waals surface area contributed by atoms with Gasteiger partial charge < -0.3 is 10.1 Å². The number of ether oxygens (including phenoxy) is 1. The molecule has 0 bridgehead atoms. The number of nitrogens with one attached hydrogen (secondary N) is 1. The van der Waals surface area contributed by atoms with Crippen molar-refractivity contribution in [2.75, 3.05) is 5.32 Å². The van der Waals surface area contributed by atoms with Crippen LogP contribution in [0.5, 0.6) is 5.75 Å². The second-order valence-corrected chi connectivity index (χ2v) is 6.36. The summed E-state index contributed by atoms with van der Waals surface area (Å²) in [7, 11) is 0. The van der Waals surface area contributed by atoms with Gasteiger partial charge in [0.2, 0.25) is 0 Å². The zero-order valence-corrected chi connectivity index (χ0v) is 16.1. The summed E-state index contributed by atoms with van der Waals surface area (Å²) in [6.45, 7) is 0.290. The van der Waals surface area contributed by atoms with Gasteiger partial charge in [0.25, 0.3) is 11.6 Å². The van der Waals surface area contributed by atoms with Crippen LogP contribution < -0.4 is 10.1 Å². The van der Waals surface area contributed by atoms with Crippen molar-refractivity contribution in [2.24, 2.45) is 0 Å². The summed E-state index contributed by atoms with van der Waals surface area (Å²) in [5.74, 6) is -1.31. The number of anilines is 1. The summed E-state index contributed by atoms with van der Waals surface area (Å²) in [5, 5.41) is 22.5. The summed E-state index contributed by atoms with van der Waals surface area (Å²) in [6, 6.07) is 20.8. The molecule has 3 rings (SSSR count). The Bertz CT molecular complexity index is 1190. The second-order valence-electron chi connectivity index (χ2n) is 6.36. The van der Waals surface area contributed by atoms with E-state index in [9.17, 15) is 24.6 Å². The lowest BCUT2D eigenvalue weighted by molar-refractivity contribution is -0.384. The number of nitro groups is 1. The van der Waals surface area contributed by atoms with Crippen LogP contribution >= 0.6 is 0 Å². The molecule has 0 saturated carbocycles. The molecular weight excluding hydrogens is 401 g/mol. The van der Waals surface area contributed by atoms with Gasteiger partial charge in [0.05, 0.1) is 10.6 Å². The Labute approximate surface area is 177 Å². The van der Waals surface area contributed by atoms with Crippen molar-refractivity contribution < 1.29 is 18.8 Å². The van der Waals surface area contributed by atoms with Gasteiger partial charge in [-0.2, -0.15) is 5.26 Å². The molecule has 0 saturated heterocycles. The minimum Gasteiger partial charge on any atom is -0.488 e. The molecule has 7 nitrogen and oxygen atoms in total. The predicted molar refractivity (Wildman–Crippen MR) is 112 cm³/mol. The van der Waals surface area contributed by atoms with Crippen molar-refractivity contribution >= 4 is 23.4 Å². The van der Waals surface area contributed by atoms with Crippen LogP contribution in [0.3, 0.4) is 0 Å². The highest BCUT2D eigenvalue weighted by Crippen LogP contribution is 2.24. The first-order valence-corrected chi connectivity index (χ1v) is 9.11. The van der Waals surface area contributed by atoms with E-state index in [-0.39, 0.29) is 11.3 Å². The zero-order valence-electron chi connectivity index (χ0n) is 16.1.